The molecule has 1 atom stereocenters. The van der Waals surface area contributed by atoms with Crippen LogP contribution in [-0.2, 0) is 9.53 Å². The van der Waals surface area contributed by atoms with Crippen LogP contribution in [0.4, 0.5) is 0 Å². The Labute approximate surface area is 92.3 Å². The number of ether oxygens (including phenoxy) is 1. The second kappa shape index (κ2) is 4.32. The van der Waals surface area contributed by atoms with Crippen LogP contribution in [0.3, 0.4) is 0 Å². The Morgan fingerprint density at radius 3 is 3.19 bits per heavy atom. The molecule has 0 saturated carbocycles. The van der Waals surface area contributed by atoms with Crippen molar-refractivity contribution in [2.75, 3.05) is 7.11 Å². The van der Waals surface area contributed by atoms with Crippen molar-refractivity contribution in [2.24, 2.45) is 0 Å². The number of rotatable bonds is 3. The Balaban J connectivity index is 2.29. The first kappa shape index (κ1) is 10.6. The van der Waals surface area contributed by atoms with E-state index >= 15 is 0 Å². The average Bonchev–Trinajstić information content (AvgIpc) is 2.72. The van der Waals surface area contributed by atoms with Crippen LogP contribution in [0.5, 0.6) is 0 Å². The molecular weight excluding hydrogens is 208 g/mol. The minimum absolute atomic E-state index is 0.0628. The van der Waals surface area contributed by atoms with E-state index in [0.29, 0.717) is 5.56 Å². The van der Waals surface area contributed by atoms with Crippen molar-refractivity contribution in [1.82, 2.24) is 9.61 Å². The van der Waals surface area contributed by atoms with Crippen molar-refractivity contribution in [3.8, 4) is 0 Å². The number of hydrogen-bond donors (Lipinski definition) is 1. The SMILES string of the molecule is COC(=O)CC(O)c1cnn2ccccc12. The molecule has 0 aliphatic carbocycles. The lowest BCUT2D eigenvalue weighted by Crippen LogP contribution is -2.07. The highest BCUT2D eigenvalue weighted by Crippen LogP contribution is 2.21. The molecule has 2 heterocycles. The third kappa shape index (κ3) is 1.90. The molecule has 5 heteroatoms. The maximum absolute atomic E-state index is 11.0. The topological polar surface area (TPSA) is 63.8 Å². The molecule has 0 amide bonds. The monoisotopic (exact) mass is 220 g/mol. The van der Waals surface area contributed by atoms with Crippen LogP contribution in [0.25, 0.3) is 5.52 Å². The van der Waals surface area contributed by atoms with E-state index in [9.17, 15) is 9.90 Å². The smallest absolute Gasteiger partial charge is 0.308 e. The predicted molar refractivity (Wildman–Crippen MR) is 56.8 cm³/mol. The van der Waals surface area contributed by atoms with Gasteiger partial charge >= 0.3 is 5.97 Å². The third-order valence-corrected chi connectivity index (χ3v) is 2.40. The van der Waals surface area contributed by atoms with E-state index in [4.69, 9.17) is 0 Å². The van der Waals surface area contributed by atoms with Crippen LogP contribution in [0.1, 0.15) is 18.1 Å². The van der Waals surface area contributed by atoms with Gasteiger partial charge < -0.3 is 9.84 Å². The molecule has 0 radical (unpaired) electrons. The van der Waals surface area contributed by atoms with Gasteiger partial charge in [-0.1, -0.05) is 6.07 Å². The minimum atomic E-state index is -0.882. The van der Waals surface area contributed by atoms with Crippen LogP contribution in [0.15, 0.2) is 30.6 Å². The Morgan fingerprint density at radius 1 is 1.62 bits per heavy atom. The number of pyridine rings is 1. The first-order valence-electron chi connectivity index (χ1n) is 4.89. The maximum Gasteiger partial charge on any atom is 0.308 e. The van der Waals surface area contributed by atoms with Gasteiger partial charge in [0.1, 0.15) is 0 Å². The standard InChI is InChI=1S/C11H12N2O3/c1-16-11(15)6-10(14)8-7-12-13-5-3-2-4-9(8)13/h2-5,7,10,14H,6H2,1H3. The van der Waals surface area contributed by atoms with E-state index in [1.807, 2.05) is 18.2 Å². The van der Waals surface area contributed by atoms with Gasteiger partial charge in [-0.2, -0.15) is 5.10 Å². The first-order valence-corrected chi connectivity index (χ1v) is 4.89. The number of nitrogens with zero attached hydrogens (tertiary/aromatic N) is 2. The lowest BCUT2D eigenvalue weighted by molar-refractivity contribution is -0.142. The summed E-state index contributed by atoms with van der Waals surface area (Å²) in [5.41, 5.74) is 1.42. The van der Waals surface area contributed by atoms with Gasteiger partial charge in [-0.3, -0.25) is 4.79 Å². The number of esters is 1. The van der Waals surface area contributed by atoms with Crippen molar-refractivity contribution in [1.29, 1.82) is 0 Å². The van der Waals surface area contributed by atoms with Crippen molar-refractivity contribution < 1.29 is 14.6 Å². The molecule has 0 spiro atoms. The summed E-state index contributed by atoms with van der Waals surface area (Å²) in [4.78, 5) is 11.0. The number of hydrogen-bond acceptors (Lipinski definition) is 4. The van der Waals surface area contributed by atoms with Gasteiger partial charge in [0.05, 0.1) is 31.3 Å². The number of carbonyl (C=O) groups is 1. The summed E-state index contributed by atoms with van der Waals surface area (Å²) in [6.45, 7) is 0. The lowest BCUT2D eigenvalue weighted by Gasteiger charge is -2.07. The Hall–Kier alpha value is -1.88. The average molecular weight is 220 g/mol. The molecule has 0 aliphatic heterocycles. The van der Waals surface area contributed by atoms with Crippen molar-refractivity contribution in [3.63, 3.8) is 0 Å². The Kier molecular flexibility index (Phi) is 2.87. The van der Waals surface area contributed by atoms with E-state index in [2.05, 4.69) is 9.84 Å². The second-order valence-corrected chi connectivity index (χ2v) is 3.43. The van der Waals surface area contributed by atoms with Crippen LogP contribution < -0.4 is 0 Å². The van der Waals surface area contributed by atoms with Gasteiger partial charge in [0.25, 0.3) is 0 Å². The number of methoxy groups -OCH3 is 1. The molecule has 0 aliphatic rings. The molecule has 0 aromatic carbocycles. The minimum Gasteiger partial charge on any atom is -0.469 e. The van der Waals surface area contributed by atoms with Crippen molar-refractivity contribution in [3.05, 3.63) is 36.2 Å². The van der Waals surface area contributed by atoms with Crippen LogP contribution >= 0.6 is 0 Å². The van der Waals surface area contributed by atoms with E-state index in [1.54, 1.807) is 16.9 Å². The highest BCUT2D eigenvalue weighted by Gasteiger charge is 2.17. The molecule has 0 fully saturated rings. The molecule has 2 rings (SSSR count). The van der Waals surface area contributed by atoms with Gasteiger partial charge in [-0.05, 0) is 12.1 Å². The summed E-state index contributed by atoms with van der Waals surface area (Å²) < 4.78 is 6.15. The van der Waals surface area contributed by atoms with E-state index in [-0.39, 0.29) is 6.42 Å². The number of aliphatic hydroxyl groups is 1. The maximum atomic E-state index is 11.0. The molecule has 16 heavy (non-hydrogen) atoms. The summed E-state index contributed by atoms with van der Waals surface area (Å²) in [6.07, 6.45) is 2.40. The zero-order chi connectivity index (χ0) is 11.5. The number of carbonyl (C=O) groups excluding carboxylic acids is 1. The fourth-order valence-corrected chi connectivity index (χ4v) is 1.56. The fourth-order valence-electron chi connectivity index (χ4n) is 1.56. The molecule has 1 N–H and O–H groups in total. The zero-order valence-corrected chi connectivity index (χ0v) is 8.83. The molecule has 84 valence electrons. The van der Waals surface area contributed by atoms with Gasteiger partial charge in [0.2, 0.25) is 0 Å². The molecule has 0 saturated heterocycles. The first-order chi connectivity index (χ1) is 7.72. The van der Waals surface area contributed by atoms with Crippen LogP contribution in [0, 0.1) is 0 Å². The quantitative estimate of drug-likeness (QED) is 0.781. The molecule has 5 nitrogen and oxygen atoms in total. The van der Waals surface area contributed by atoms with Crippen LogP contribution in [0.2, 0.25) is 0 Å². The third-order valence-electron chi connectivity index (χ3n) is 2.40. The largest absolute Gasteiger partial charge is 0.469 e. The molecular formula is C11H12N2O3. The van der Waals surface area contributed by atoms with Gasteiger partial charge in [-0.25, -0.2) is 4.52 Å². The Bertz CT molecular complexity index is 507. The molecule has 1 unspecified atom stereocenters. The number of aliphatic hydroxyl groups excluding tert-OH is 1. The predicted octanol–water partition coefficient (Wildman–Crippen LogP) is 0.931. The summed E-state index contributed by atoms with van der Waals surface area (Å²) in [7, 11) is 1.30. The summed E-state index contributed by atoms with van der Waals surface area (Å²) in [5.74, 6) is -0.442. The van der Waals surface area contributed by atoms with Gasteiger partial charge in [0, 0.05) is 11.8 Å². The van der Waals surface area contributed by atoms with Crippen LogP contribution in [-0.4, -0.2) is 27.8 Å². The van der Waals surface area contributed by atoms with E-state index < -0.39 is 12.1 Å². The number of aromatic nitrogens is 2. The van der Waals surface area contributed by atoms with E-state index in [1.165, 1.54) is 7.11 Å². The molecule has 2 aromatic rings. The number of fused-ring (bicyclic) bond motifs is 1. The lowest BCUT2D eigenvalue weighted by atomic mass is 10.1. The fraction of sp³-hybridized carbons (Fsp3) is 0.273. The molecule has 2 aromatic heterocycles. The normalized spacial score (nSPS) is 12.6. The van der Waals surface area contributed by atoms with Gasteiger partial charge in [-0.15, -0.1) is 0 Å². The zero-order valence-electron chi connectivity index (χ0n) is 8.83. The van der Waals surface area contributed by atoms with Crippen molar-refractivity contribution >= 4 is 11.5 Å². The second-order valence-electron chi connectivity index (χ2n) is 3.43. The van der Waals surface area contributed by atoms with Gasteiger partial charge in [0.15, 0.2) is 0 Å². The molecule has 0 bridgehead atoms. The summed E-state index contributed by atoms with van der Waals surface area (Å²) >= 11 is 0. The summed E-state index contributed by atoms with van der Waals surface area (Å²) in [5, 5.41) is 13.9. The Morgan fingerprint density at radius 2 is 2.44 bits per heavy atom. The van der Waals surface area contributed by atoms with Crippen molar-refractivity contribution in [2.45, 2.75) is 12.5 Å². The summed E-state index contributed by atoms with van der Waals surface area (Å²) in [6, 6.07) is 5.53. The highest BCUT2D eigenvalue weighted by molar-refractivity contribution is 5.71. The van der Waals surface area contributed by atoms with E-state index in [0.717, 1.165) is 5.52 Å². The highest BCUT2D eigenvalue weighted by atomic mass is 16.5.